The van der Waals surface area contributed by atoms with Crippen molar-refractivity contribution in [2.45, 2.75) is 50.1 Å². The van der Waals surface area contributed by atoms with E-state index in [9.17, 15) is 18.0 Å². The van der Waals surface area contributed by atoms with Crippen molar-refractivity contribution in [3.63, 3.8) is 0 Å². The van der Waals surface area contributed by atoms with Crippen LogP contribution in [0.5, 0.6) is 0 Å². The molecule has 0 saturated heterocycles. The number of rotatable bonds is 7. The van der Waals surface area contributed by atoms with E-state index in [2.05, 4.69) is 20.4 Å². The third kappa shape index (κ3) is 6.29. The number of nitrogens with one attached hydrogen (secondary N) is 1. The van der Waals surface area contributed by atoms with E-state index in [0.29, 0.717) is 22.2 Å². The number of hydrogen-bond acceptors (Lipinski definition) is 9. The molecule has 0 spiro atoms. The first-order valence-electron chi connectivity index (χ1n) is 12.8. The zero-order valence-corrected chi connectivity index (χ0v) is 24.4. The summed E-state index contributed by atoms with van der Waals surface area (Å²) in [5.41, 5.74) is 0.892. The van der Waals surface area contributed by atoms with Crippen molar-refractivity contribution in [1.82, 2.24) is 15.3 Å². The van der Waals surface area contributed by atoms with E-state index >= 15 is 0 Å². The standard InChI is InChI=1S/C27H26Cl2N6O5S/c1-16-14-19(28)7-8-22(16)34(27(37)32-17(2)18-5-6-18)26(36)23-15-24(33-35(23)25-21(29)4-3-11-31-25)40-41(38,39)20-9-12-30-13-10-20/h3-4,7-14,17-18,23H,5-6,15H2,1-2H3,(H,32,37). The first-order valence-corrected chi connectivity index (χ1v) is 14.9. The maximum absolute atomic E-state index is 14.3. The predicted molar refractivity (Wildman–Crippen MR) is 154 cm³/mol. The van der Waals surface area contributed by atoms with E-state index in [0.717, 1.165) is 17.7 Å². The number of pyridine rings is 2. The molecule has 1 fully saturated rings. The minimum atomic E-state index is -4.30. The zero-order valence-electron chi connectivity index (χ0n) is 22.1. The largest absolute Gasteiger partial charge is 0.361 e. The maximum Gasteiger partial charge on any atom is 0.340 e. The normalized spacial score (nSPS) is 17.5. The van der Waals surface area contributed by atoms with E-state index in [4.69, 9.17) is 27.4 Å². The quantitative estimate of drug-likeness (QED) is 0.369. The molecule has 3 aromatic rings. The van der Waals surface area contributed by atoms with Gasteiger partial charge in [-0.2, -0.15) is 8.42 Å². The number of urea groups is 1. The molecule has 1 aliphatic heterocycles. The minimum absolute atomic E-state index is 0.0898. The van der Waals surface area contributed by atoms with Crippen LogP contribution >= 0.6 is 23.2 Å². The molecule has 1 aromatic carbocycles. The van der Waals surface area contributed by atoms with E-state index < -0.39 is 28.1 Å². The smallest absolute Gasteiger partial charge is 0.340 e. The summed E-state index contributed by atoms with van der Waals surface area (Å²) in [5, 5.41) is 8.99. The predicted octanol–water partition coefficient (Wildman–Crippen LogP) is 4.93. The van der Waals surface area contributed by atoms with Crippen molar-refractivity contribution in [3.05, 3.63) is 76.7 Å². The molecule has 1 aliphatic carbocycles. The summed E-state index contributed by atoms with van der Waals surface area (Å²) >= 11 is 12.6. The fourth-order valence-electron chi connectivity index (χ4n) is 4.47. The Morgan fingerprint density at radius 2 is 1.85 bits per heavy atom. The summed E-state index contributed by atoms with van der Waals surface area (Å²) in [7, 11) is -4.30. The molecule has 2 atom stereocenters. The zero-order chi connectivity index (χ0) is 29.3. The summed E-state index contributed by atoms with van der Waals surface area (Å²) in [5.74, 6) is -0.547. The lowest BCUT2D eigenvalue weighted by Gasteiger charge is -2.30. The van der Waals surface area contributed by atoms with Crippen LogP contribution in [0.1, 0.15) is 31.7 Å². The Morgan fingerprint density at radius 3 is 2.51 bits per heavy atom. The number of imide groups is 1. The molecule has 3 heterocycles. The van der Waals surface area contributed by atoms with Gasteiger partial charge in [0.15, 0.2) is 5.82 Å². The minimum Gasteiger partial charge on any atom is -0.361 e. The van der Waals surface area contributed by atoms with Crippen LogP contribution in [0.25, 0.3) is 0 Å². The summed E-state index contributed by atoms with van der Waals surface area (Å²) in [6.45, 7) is 3.62. The summed E-state index contributed by atoms with van der Waals surface area (Å²) in [6, 6.07) is 8.50. The Labute approximate surface area is 247 Å². The number of nitrogens with zero attached hydrogens (tertiary/aromatic N) is 5. The van der Waals surface area contributed by atoms with E-state index in [1.54, 1.807) is 37.3 Å². The molecule has 14 heteroatoms. The Bertz CT molecular complexity index is 1620. The number of carbonyl (C=O) groups excluding carboxylic acids is 2. The highest BCUT2D eigenvalue weighted by Crippen LogP contribution is 2.35. The molecule has 2 aliphatic rings. The average molecular weight is 618 g/mol. The van der Waals surface area contributed by atoms with Gasteiger partial charge in [-0.15, -0.1) is 5.10 Å². The molecular weight excluding hydrogens is 591 g/mol. The topological polar surface area (TPSA) is 134 Å². The SMILES string of the molecule is Cc1cc(Cl)ccc1N(C(=O)NC(C)C1CC1)C(=O)C1CC(OS(=O)(=O)c2ccncc2)=NN1c1ncccc1Cl. The van der Waals surface area contributed by atoms with Gasteiger partial charge in [-0.3, -0.25) is 9.78 Å². The highest BCUT2D eigenvalue weighted by Gasteiger charge is 2.43. The number of benzene rings is 1. The van der Waals surface area contributed by atoms with Crippen molar-refractivity contribution in [1.29, 1.82) is 0 Å². The van der Waals surface area contributed by atoms with Gasteiger partial charge in [0.25, 0.3) is 5.91 Å². The first-order chi connectivity index (χ1) is 19.5. The second-order valence-corrected chi connectivity index (χ2v) is 12.2. The number of hydrogen-bond donors (Lipinski definition) is 1. The molecule has 0 radical (unpaired) electrons. The van der Waals surface area contributed by atoms with Crippen molar-refractivity contribution in [2.75, 3.05) is 9.91 Å². The van der Waals surface area contributed by atoms with Gasteiger partial charge in [-0.1, -0.05) is 23.2 Å². The second kappa shape index (κ2) is 11.6. The number of aryl methyl sites for hydroxylation is 1. The van der Waals surface area contributed by atoms with Crippen molar-refractivity contribution in [3.8, 4) is 0 Å². The molecule has 2 aromatic heterocycles. The van der Waals surface area contributed by atoms with Crippen LogP contribution in [0, 0.1) is 12.8 Å². The van der Waals surface area contributed by atoms with Crippen LogP contribution in [-0.2, 0) is 19.1 Å². The number of halogens is 2. The molecule has 5 rings (SSSR count). The van der Waals surface area contributed by atoms with E-state index in [1.165, 1.54) is 35.7 Å². The highest BCUT2D eigenvalue weighted by atomic mass is 35.5. The third-order valence-electron chi connectivity index (χ3n) is 6.77. The molecule has 214 valence electrons. The number of anilines is 2. The molecule has 0 bridgehead atoms. The van der Waals surface area contributed by atoms with Gasteiger partial charge in [0.1, 0.15) is 10.9 Å². The van der Waals surface area contributed by atoms with Gasteiger partial charge >= 0.3 is 16.1 Å². The van der Waals surface area contributed by atoms with E-state index in [1.807, 2.05) is 6.92 Å². The van der Waals surface area contributed by atoms with Crippen LogP contribution < -0.4 is 15.2 Å². The van der Waals surface area contributed by atoms with Crippen LogP contribution in [0.2, 0.25) is 10.0 Å². The van der Waals surface area contributed by atoms with E-state index in [-0.39, 0.29) is 34.1 Å². The van der Waals surface area contributed by atoms with Crippen LogP contribution in [-0.4, -0.2) is 48.3 Å². The first kappa shape index (κ1) is 28.8. The van der Waals surface area contributed by atoms with Gasteiger partial charge < -0.3 is 9.50 Å². The Kier molecular flexibility index (Phi) is 8.16. The number of carbonyl (C=O) groups is 2. The summed E-state index contributed by atoms with van der Waals surface area (Å²) in [6.07, 6.45) is 5.77. The van der Waals surface area contributed by atoms with Gasteiger partial charge in [-0.05, 0) is 80.6 Å². The number of aromatic nitrogens is 2. The third-order valence-corrected chi connectivity index (χ3v) is 8.56. The maximum atomic E-state index is 14.3. The molecule has 11 nitrogen and oxygen atoms in total. The lowest BCUT2D eigenvalue weighted by atomic mass is 10.1. The lowest BCUT2D eigenvalue weighted by molar-refractivity contribution is -0.119. The second-order valence-electron chi connectivity index (χ2n) is 9.77. The lowest BCUT2D eigenvalue weighted by Crippen LogP contribution is -2.53. The molecule has 1 saturated carbocycles. The number of hydrazone groups is 1. The Morgan fingerprint density at radius 1 is 1.12 bits per heavy atom. The highest BCUT2D eigenvalue weighted by molar-refractivity contribution is 7.87. The van der Waals surface area contributed by atoms with Crippen molar-refractivity contribution >= 4 is 62.7 Å². The molecule has 2 unspecified atom stereocenters. The Balaban J connectivity index is 1.52. The van der Waals surface area contributed by atoms with Crippen LogP contribution in [0.4, 0.5) is 16.3 Å². The van der Waals surface area contributed by atoms with Crippen LogP contribution in [0.15, 0.2) is 71.1 Å². The average Bonchev–Trinajstić information content (AvgIpc) is 3.71. The van der Waals surface area contributed by atoms with Gasteiger partial charge in [-0.25, -0.2) is 19.7 Å². The van der Waals surface area contributed by atoms with Gasteiger partial charge in [0.05, 0.1) is 17.1 Å². The van der Waals surface area contributed by atoms with Gasteiger partial charge in [0.2, 0.25) is 5.90 Å². The number of amides is 3. The molecule has 41 heavy (non-hydrogen) atoms. The van der Waals surface area contributed by atoms with Crippen molar-refractivity contribution in [2.24, 2.45) is 11.0 Å². The summed E-state index contributed by atoms with van der Waals surface area (Å²) < 4.78 is 31.2. The molecule has 3 amide bonds. The van der Waals surface area contributed by atoms with Gasteiger partial charge in [0, 0.05) is 29.7 Å². The summed E-state index contributed by atoms with van der Waals surface area (Å²) in [4.78, 5) is 36.9. The Hall–Kier alpha value is -3.74. The fraction of sp³-hybridized carbons (Fsp3) is 0.296. The van der Waals surface area contributed by atoms with Crippen molar-refractivity contribution < 1.29 is 22.2 Å². The fourth-order valence-corrected chi connectivity index (χ4v) is 5.81. The molecular formula is C27H26Cl2N6O5S. The monoisotopic (exact) mass is 616 g/mol. The molecule has 1 N–H and O–H groups in total. The van der Waals surface area contributed by atoms with Crippen LogP contribution in [0.3, 0.4) is 0 Å².